The Bertz CT molecular complexity index is 548. The highest BCUT2D eigenvalue weighted by molar-refractivity contribution is 6.30. The lowest BCUT2D eigenvalue weighted by Gasteiger charge is -2.33. The van der Waals surface area contributed by atoms with Gasteiger partial charge in [-0.05, 0) is 44.9 Å². The monoisotopic (exact) mass is 323 g/mol. The number of carbonyl (C=O) groups is 2. The number of hydrogen-bond donors (Lipinski definition) is 0. The molecular formula is C17H22ClNO3. The van der Waals surface area contributed by atoms with Crippen LogP contribution in [0.3, 0.4) is 0 Å². The lowest BCUT2D eigenvalue weighted by Crippen LogP contribution is -2.46. The van der Waals surface area contributed by atoms with Gasteiger partial charge in [0.25, 0.3) is 0 Å². The van der Waals surface area contributed by atoms with Gasteiger partial charge >= 0.3 is 6.09 Å². The van der Waals surface area contributed by atoms with E-state index in [4.69, 9.17) is 16.3 Å². The molecule has 120 valence electrons. The van der Waals surface area contributed by atoms with Crippen LogP contribution in [0.25, 0.3) is 0 Å². The van der Waals surface area contributed by atoms with E-state index in [1.54, 1.807) is 4.90 Å². The summed E-state index contributed by atoms with van der Waals surface area (Å²) in [5, 5.41) is 0.675. The fourth-order valence-electron chi connectivity index (χ4n) is 2.48. The molecule has 1 atom stereocenters. The minimum Gasteiger partial charge on any atom is -0.444 e. The molecule has 0 bridgehead atoms. The highest BCUT2D eigenvalue weighted by atomic mass is 35.5. The van der Waals surface area contributed by atoms with Crippen LogP contribution in [0.4, 0.5) is 4.79 Å². The number of ketones is 1. The van der Waals surface area contributed by atoms with Gasteiger partial charge in [0.1, 0.15) is 11.4 Å². The third-order valence-corrected chi connectivity index (χ3v) is 3.82. The molecule has 0 saturated carbocycles. The SMILES string of the molecule is CC(C)(C)OC(=O)N1CCC(=O)C(Cc2ccc(Cl)cc2)C1. The predicted molar refractivity (Wildman–Crippen MR) is 86.1 cm³/mol. The Morgan fingerprint density at radius 3 is 2.55 bits per heavy atom. The molecule has 1 saturated heterocycles. The van der Waals surface area contributed by atoms with E-state index >= 15 is 0 Å². The first-order valence-electron chi connectivity index (χ1n) is 7.50. The molecule has 2 rings (SSSR count). The number of Topliss-reactive ketones (excluding diaryl/α,β-unsaturated/α-hetero) is 1. The van der Waals surface area contributed by atoms with E-state index < -0.39 is 5.60 Å². The normalized spacial score (nSPS) is 19.2. The number of nitrogens with zero attached hydrogens (tertiary/aromatic N) is 1. The summed E-state index contributed by atoms with van der Waals surface area (Å²) in [6.45, 7) is 6.36. The standard InChI is InChI=1S/C17H22ClNO3/c1-17(2,3)22-16(21)19-9-8-15(20)13(11-19)10-12-4-6-14(18)7-5-12/h4-7,13H,8-11H2,1-3H3. The van der Waals surface area contributed by atoms with Crippen molar-refractivity contribution in [2.24, 2.45) is 5.92 Å². The van der Waals surface area contributed by atoms with Crippen molar-refractivity contribution in [2.75, 3.05) is 13.1 Å². The minimum atomic E-state index is -0.524. The zero-order chi connectivity index (χ0) is 16.3. The first kappa shape index (κ1) is 16.8. The van der Waals surface area contributed by atoms with Gasteiger partial charge in [-0.3, -0.25) is 4.79 Å². The number of ether oxygens (including phenoxy) is 1. The molecule has 22 heavy (non-hydrogen) atoms. The molecule has 0 spiro atoms. The average molecular weight is 324 g/mol. The van der Waals surface area contributed by atoms with Crippen LogP contribution in [0.1, 0.15) is 32.8 Å². The minimum absolute atomic E-state index is 0.178. The van der Waals surface area contributed by atoms with Gasteiger partial charge in [0, 0.05) is 30.5 Å². The van der Waals surface area contributed by atoms with Crippen LogP contribution in [0, 0.1) is 5.92 Å². The molecule has 0 aliphatic carbocycles. The first-order valence-corrected chi connectivity index (χ1v) is 7.87. The number of likely N-dealkylation sites (tertiary alicyclic amines) is 1. The Balaban J connectivity index is 2.00. The molecule has 0 N–H and O–H groups in total. The van der Waals surface area contributed by atoms with Crippen LogP contribution in [0.5, 0.6) is 0 Å². The van der Waals surface area contributed by atoms with Crippen molar-refractivity contribution in [1.29, 1.82) is 0 Å². The van der Waals surface area contributed by atoms with Gasteiger partial charge in [-0.2, -0.15) is 0 Å². The number of hydrogen-bond acceptors (Lipinski definition) is 3. The summed E-state index contributed by atoms with van der Waals surface area (Å²) in [7, 11) is 0. The topological polar surface area (TPSA) is 46.6 Å². The van der Waals surface area contributed by atoms with Crippen LogP contribution in [0.15, 0.2) is 24.3 Å². The Labute approximate surface area is 136 Å². The van der Waals surface area contributed by atoms with E-state index in [0.717, 1.165) is 5.56 Å². The molecule has 4 nitrogen and oxygen atoms in total. The molecule has 1 aliphatic rings. The second-order valence-electron chi connectivity index (χ2n) is 6.67. The highest BCUT2D eigenvalue weighted by Gasteiger charge is 2.32. The van der Waals surface area contributed by atoms with Crippen molar-refractivity contribution in [1.82, 2.24) is 4.90 Å². The van der Waals surface area contributed by atoms with Gasteiger partial charge in [-0.1, -0.05) is 23.7 Å². The molecule has 1 aromatic carbocycles. The number of piperidine rings is 1. The second-order valence-corrected chi connectivity index (χ2v) is 7.11. The van der Waals surface area contributed by atoms with Crippen molar-refractivity contribution in [3.05, 3.63) is 34.9 Å². The average Bonchev–Trinajstić information content (AvgIpc) is 2.41. The number of halogens is 1. The van der Waals surface area contributed by atoms with Crippen LogP contribution in [-0.2, 0) is 16.0 Å². The van der Waals surface area contributed by atoms with E-state index in [0.29, 0.717) is 31.0 Å². The molecule has 0 aromatic heterocycles. The van der Waals surface area contributed by atoms with E-state index in [-0.39, 0.29) is 17.8 Å². The summed E-state index contributed by atoms with van der Waals surface area (Å²) in [4.78, 5) is 25.9. The summed E-state index contributed by atoms with van der Waals surface area (Å²) in [5.41, 5.74) is 0.526. The predicted octanol–water partition coefficient (Wildman–Crippen LogP) is 3.71. The molecule has 1 aromatic rings. The number of rotatable bonds is 2. The maximum atomic E-state index is 12.1. The number of benzene rings is 1. The van der Waals surface area contributed by atoms with E-state index in [2.05, 4.69) is 0 Å². The lowest BCUT2D eigenvalue weighted by molar-refractivity contribution is -0.125. The van der Waals surface area contributed by atoms with Crippen LogP contribution >= 0.6 is 11.6 Å². The largest absolute Gasteiger partial charge is 0.444 e. The van der Waals surface area contributed by atoms with Crippen molar-refractivity contribution in [3.63, 3.8) is 0 Å². The third-order valence-electron chi connectivity index (χ3n) is 3.57. The summed E-state index contributed by atoms with van der Waals surface area (Å²) >= 11 is 5.87. The summed E-state index contributed by atoms with van der Waals surface area (Å²) in [5.74, 6) is 0.0252. The quantitative estimate of drug-likeness (QED) is 0.833. The Kier molecular flexibility index (Phi) is 5.12. The summed E-state index contributed by atoms with van der Waals surface area (Å²) in [6, 6.07) is 7.47. The zero-order valence-corrected chi connectivity index (χ0v) is 14.0. The fourth-order valence-corrected chi connectivity index (χ4v) is 2.61. The number of amides is 1. The molecule has 1 heterocycles. The Morgan fingerprint density at radius 2 is 1.95 bits per heavy atom. The molecule has 1 fully saturated rings. The molecule has 5 heteroatoms. The second kappa shape index (κ2) is 6.69. The highest BCUT2D eigenvalue weighted by Crippen LogP contribution is 2.21. The molecule has 1 aliphatic heterocycles. The Morgan fingerprint density at radius 1 is 1.32 bits per heavy atom. The van der Waals surface area contributed by atoms with E-state index in [9.17, 15) is 9.59 Å². The van der Waals surface area contributed by atoms with Crippen LogP contribution in [0.2, 0.25) is 5.02 Å². The first-order chi connectivity index (χ1) is 10.2. The maximum Gasteiger partial charge on any atom is 0.410 e. The summed E-state index contributed by atoms with van der Waals surface area (Å²) in [6.07, 6.45) is 0.661. The van der Waals surface area contributed by atoms with E-state index in [1.165, 1.54) is 0 Å². The van der Waals surface area contributed by atoms with Crippen molar-refractivity contribution in [2.45, 2.75) is 39.2 Å². The summed E-state index contributed by atoms with van der Waals surface area (Å²) < 4.78 is 5.38. The van der Waals surface area contributed by atoms with Crippen molar-refractivity contribution >= 4 is 23.5 Å². The smallest absolute Gasteiger partial charge is 0.410 e. The Hall–Kier alpha value is -1.55. The van der Waals surface area contributed by atoms with Crippen molar-refractivity contribution < 1.29 is 14.3 Å². The zero-order valence-electron chi connectivity index (χ0n) is 13.3. The lowest BCUT2D eigenvalue weighted by atomic mass is 9.90. The van der Waals surface area contributed by atoms with Crippen LogP contribution in [-0.4, -0.2) is 35.5 Å². The number of carbonyl (C=O) groups excluding carboxylic acids is 2. The molecule has 1 unspecified atom stereocenters. The van der Waals surface area contributed by atoms with E-state index in [1.807, 2.05) is 45.0 Å². The van der Waals surface area contributed by atoms with Crippen molar-refractivity contribution in [3.8, 4) is 0 Å². The van der Waals surface area contributed by atoms with Crippen LogP contribution < -0.4 is 0 Å². The maximum absolute atomic E-state index is 12.1. The van der Waals surface area contributed by atoms with Gasteiger partial charge in [-0.15, -0.1) is 0 Å². The molecule has 1 amide bonds. The van der Waals surface area contributed by atoms with Gasteiger partial charge in [0.2, 0.25) is 0 Å². The van der Waals surface area contributed by atoms with Gasteiger partial charge in [0.05, 0.1) is 0 Å². The van der Waals surface area contributed by atoms with Gasteiger partial charge in [-0.25, -0.2) is 4.79 Å². The fraction of sp³-hybridized carbons (Fsp3) is 0.529. The third kappa shape index (κ3) is 4.73. The molecular weight excluding hydrogens is 302 g/mol. The van der Waals surface area contributed by atoms with Gasteiger partial charge in [0.15, 0.2) is 0 Å². The van der Waals surface area contributed by atoms with Gasteiger partial charge < -0.3 is 9.64 Å². The molecule has 0 radical (unpaired) electrons.